The predicted molar refractivity (Wildman–Crippen MR) is 111 cm³/mol. The van der Waals surface area contributed by atoms with Gasteiger partial charge in [-0.1, -0.05) is 11.6 Å². The lowest BCUT2D eigenvalue weighted by molar-refractivity contribution is 0.0948. The van der Waals surface area contributed by atoms with Crippen LogP contribution >= 0.6 is 24.0 Å². The van der Waals surface area contributed by atoms with Crippen molar-refractivity contribution >= 4 is 29.9 Å². The van der Waals surface area contributed by atoms with Gasteiger partial charge in [0.2, 0.25) is 0 Å². The number of furan rings is 1. The summed E-state index contributed by atoms with van der Waals surface area (Å²) < 4.78 is 12.1. The van der Waals surface area contributed by atoms with Crippen LogP contribution in [-0.4, -0.2) is 49.0 Å². The number of nitrogens with zero attached hydrogens (tertiary/aromatic N) is 2. The van der Waals surface area contributed by atoms with E-state index in [1.165, 1.54) is 0 Å². The van der Waals surface area contributed by atoms with Crippen LogP contribution in [-0.2, 0) is 4.74 Å². The molecule has 9 heteroatoms. The van der Waals surface area contributed by atoms with Crippen molar-refractivity contribution in [1.29, 1.82) is 0 Å². The van der Waals surface area contributed by atoms with Crippen LogP contribution in [0.15, 0.2) is 53.1 Å². The highest BCUT2D eigenvalue weighted by molar-refractivity contribution is 6.30. The Morgan fingerprint density at radius 1 is 1.21 bits per heavy atom. The van der Waals surface area contributed by atoms with Gasteiger partial charge in [-0.05, 0) is 36.4 Å². The van der Waals surface area contributed by atoms with E-state index in [9.17, 15) is 4.79 Å². The molecule has 1 aromatic carbocycles. The summed E-state index contributed by atoms with van der Waals surface area (Å²) in [6.07, 6.45) is 1.58. The van der Waals surface area contributed by atoms with Crippen molar-refractivity contribution in [3.8, 4) is 17.1 Å². The van der Waals surface area contributed by atoms with E-state index in [0.717, 1.165) is 12.2 Å². The number of amides is 1. The molecule has 0 aliphatic carbocycles. The summed E-state index contributed by atoms with van der Waals surface area (Å²) in [4.78, 5) is 12.5. The van der Waals surface area contributed by atoms with Gasteiger partial charge in [-0.3, -0.25) is 4.79 Å². The van der Waals surface area contributed by atoms with E-state index < -0.39 is 0 Å². The third-order valence-electron chi connectivity index (χ3n) is 3.86. The SMILES string of the molecule is COCCNCCNC(=O)c1cc(-c2ccco2)n(-c2ccc(Cl)cc2)n1.Cl. The van der Waals surface area contributed by atoms with Gasteiger partial charge >= 0.3 is 0 Å². The van der Waals surface area contributed by atoms with Crippen LogP contribution < -0.4 is 10.6 Å². The Balaban J connectivity index is 0.00000280. The number of methoxy groups -OCH3 is 1. The average Bonchev–Trinajstić information content (AvgIpc) is 3.34. The smallest absolute Gasteiger partial charge is 0.271 e. The van der Waals surface area contributed by atoms with Crippen LogP contribution in [0.4, 0.5) is 0 Å². The van der Waals surface area contributed by atoms with E-state index in [1.807, 2.05) is 18.2 Å². The van der Waals surface area contributed by atoms with Gasteiger partial charge in [0.1, 0.15) is 5.69 Å². The second-order valence-corrected chi connectivity index (χ2v) is 6.22. The molecule has 0 spiro atoms. The van der Waals surface area contributed by atoms with Crippen molar-refractivity contribution < 1.29 is 13.9 Å². The van der Waals surface area contributed by atoms with E-state index in [0.29, 0.717) is 41.9 Å². The Bertz CT molecular complexity index is 864. The number of benzene rings is 1. The fourth-order valence-electron chi connectivity index (χ4n) is 2.53. The van der Waals surface area contributed by atoms with Gasteiger partial charge in [-0.15, -0.1) is 12.4 Å². The highest BCUT2D eigenvalue weighted by Gasteiger charge is 2.18. The largest absolute Gasteiger partial charge is 0.463 e. The molecule has 0 radical (unpaired) electrons. The number of rotatable bonds is 9. The number of aromatic nitrogens is 2. The Hall–Kier alpha value is -2.32. The Kier molecular flexibility index (Phi) is 8.53. The van der Waals surface area contributed by atoms with Gasteiger partial charge in [0.15, 0.2) is 11.5 Å². The number of carbonyl (C=O) groups excluding carboxylic acids is 1. The van der Waals surface area contributed by atoms with Gasteiger partial charge in [-0.25, -0.2) is 4.68 Å². The minimum Gasteiger partial charge on any atom is -0.463 e. The van der Waals surface area contributed by atoms with Crippen molar-refractivity contribution in [1.82, 2.24) is 20.4 Å². The molecule has 0 fully saturated rings. The molecule has 28 heavy (non-hydrogen) atoms. The summed E-state index contributed by atoms with van der Waals surface area (Å²) in [6.45, 7) is 2.51. The zero-order valence-electron chi connectivity index (χ0n) is 15.4. The maximum Gasteiger partial charge on any atom is 0.271 e. The first kappa shape index (κ1) is 22.0. The minimum absolute atomic E-state index is 0. The van der Waals surface area contributed by atoms with Gasteiger partial charge in [-0.2, -0.15) is 5.10 Å². The lowest BCUT2D eigenvalue weighted by Crippen LogP contribution is -2.33. The van der Waals surface area contributed by atoms with Gasteiger partial charge < -0.3 is 19.8 Å². The summed E-state index contributed by atoms with van der Waals surface area (Å²) in [6, 6.07) is 12.5. The number of halogens is 2. The molecule has 7 nitrogen and oxygen atoms in total. The van der Waals surface area contributed by atoms with Crippen LogP contribution in [0.3, 0.4) is 0 Å². The maximum absolute atomic E-state index is 12.5. The highest BCUT2D eigenvalue weighted by atomic mass is 35.5. The molecule has 150 valence electrons. The van der Waals surface area contributed by atoms with E-state index in [2.05, 4.69) is 15.7 Å². The van der Waals surface area contributed by atoms with Crippen LogP contribution in [0.25, 0.3) is 17.1 Å². The normalized spacial score (nSPS) is 10.5. The first-order valence-corrected chi connectivity index (χ1v) is 8.94. The van der Waals surface area contributed by atoms with Crippen molar-refractivity contribution in [3.63, 3.8) is 0 Å². The summed E-state index contributed by atoms with van der Waals surface area (Å²) in [7, 11) is 1.65. The molecule has 0 unspecified atom stereocenters. The van der Waals surface area contributed by atoms with Gasteiger partial charge in [0.25, 0.3) is 5.91 Å². The first-order valence-electron chi connectivity index (χ1n) is 8.57. The fraction of sp³-hybridized carbons (Fsp3) is 0.263. The number of hydrogen-bond donors (Lipinski definition) is 2. The molecule has 0 aliphatic rings. The lowest BCUT2D eigenvalue weighted by Gasteiger charge is -2.06. The number of ether oxygens (including phenoxy) is 1. The monoisotopic (exact) mass is 424 g/mol. The summed E-state index contributed by atoms with van der Waals surface area (Å²) in [5.74, 6) is 0.377. The molecule has 0 aliphatic heterocycles. The van der Waals surface area contributed by atoms with Gasteiger partial charge in [0, 0.05) is 37.8 Å². The molecule has 2 aromatic heterocycles. The maximum atomic E-state index is 12.5. The molecular weight excluding hydrogens is 403 g/mol. The van der Waals surface area contributed by atoms with Crippen LogP contribution in [0.1, 0.15) is 10.5 Å². The van der Waals surface area contributed by atoms with Crippen molar-refractivity contribution in [3.05, 3.63) is 59.4 Å². The molecule has 0 saturated carbocycles. The van der Waals surface area contributed by atoms with Crippen molar-refractivity contribution in [2.24, 2.45) is 0 Å². The third-order valence-corrected chi connectivity index (χ3v) is 4.11. The number of carbonyl (C=O) groups is 1. The highest BCUT2D eigenvalue weighted by Crippen LogP contribution is 2.25. The quantitative estimate of drug-likeness (QED) is 0.515. The molecule has 3 rings (SSSR count). The second-order valence-electron chi connectivity index (χ2n) is 5.78. The molecule has 2 N–H and O–H groups in total. The molecule has 0 bridgehead atoms. The average molecular weight is 425 g/mol. The second kappa shape index (κ2) is 10.9. The van der Waals surface area contributed by atoms with Gasteiger partial charge in [0.05, 0.1) is 18.6 Å². The summed E-state index contributed by atoms with van der Waals surface area (Å²) in [5.41, 5.74) is 1.78. The van der Waals surface area contributed by atoms with E-state index in [1.54, 1.807) is 42.3 Å². The topological polar surface area (TPSA) is 81.3 Å². The molecule has 2 heterocycles. The molecule has 1 amide bonds. The zero-order chi connectivity index (χ0) is 19.1. The number of nitrogens with one attached hydrogen (secondary N) is 2. The standard InChI is InChI=1S/C19H21ClN4O3.ClH/c1-26-12-10-21-8-9-22-19(25)16-13-17(18-3-2-11-27-18)24(23-16)15-6-4-14(20)5-7-15;/h2-7,11,13,21H,8-10,12H2,1H3,(H,22,25);1H. The number of hydrogen-bond acceptors (Lipinski definition) is 5. The predicted octanol–water partition coefficient (Wildman–Crippen LogP) is 3.17. The summed E-state index contributed by atoms with van der Waals surface area (Å²) >= 11 is 5.97. The van der Waals surface area contributed by atoms with E-state index in [4.69, 9.17) is 20.8 Å². The van der Waals surface area contributed by atoms with E-state index >= 15 is 0 Å². The third kappa shape index (κ3) is 5.59. The minimum atomic E-state index is -0.246. The van der Waals surface area contributed by atoms with Crippen molar-refractivity contribution in [2.45, 2.75) is 0 Å². The Labute approximate surface area is 174 Å². The fourth-order valence-corrected chi connectivity index (χ4v) is 2.65. The molecule has 3 aromatic rings. The van der Waals surface area contributed by atoms with Crippen LogP contribution in [0, 0.1) is 0 Å². The molecular formula is C19H22Cl2N4O3. The zero-order valence-corrected chi connectivity index (χ0v) is 16.9. The summed E-state index contributed by atoms with van der Waals surface area (Å²) in [5, 5.41) is 11.1. The molecule has 0 atom stereocenters. The van der Waals surface area contributed by atoms with Crippen molar-refractivity contribution in [2.75, 3.05) is 33.4 Å². The first-order chi connectivity index (χ1) is 13.2. The Morgan fingerprint density at radius 2 is 2.00 bits per heavy atom. The van der Waals surface area contributed by atoms with Crippen LogP contribution in [0.2, 0.25) is 5.02 Å². The Morgan fingerprint density at radius 3 is 2.68 bits per heavy atom. The van der Waals surface area contributed by atoms with E-state index in [-0.39, 0.29) is 18.3 Å². The van der Waals surface area contributed by atoms with Crippen LogP contribution in [0.5, 0.6) is 0 Å². The molecule has 0 saturated heterocycles. The lowest BCUT2D eigenvalue weighted by atomic mass is 10.2.